The summed E-state index contributed by atoms with van der Waals surface area (Å²) in [5, 5.41) is 7.40. The van der Waals surface area contributed by atoms with Crippen molar-refractivity contribution in [1.29, 1.82) is 0 Å². The molecular weight excluding hydrogens is 258 g/mol. The Hall–Kier alpha value is -1.46. The van der Waals surface area contributed by atoms with Crippen molar-refractivity contribution in [2.75, 3.05) is 18.2 Å². The Kier molecular flexibility index (Phi) is 3.75. The number of rotatable bonds is 4. The van der Waals surface area contributed by atoms with Gasteiger partial charge in [0, 0.05) is 36.4 Å². The van der Waals surface area contributed by atoms with Crippen LogP contribution in [0.1, 0.15) is 0 Å². The molecule has 1 aromatic carbocycles. The highest BCUT2D eigenvalue weighted by atomic mass is 32.2. The number of thioether (sulfide) groups is 1. The fraction of sp³-hybridized carbons (Fsp3) is 0.357. The summed E-state index contributed by atoms with van der Waals surface area (Å²) in [5.74, 6) is 1.86. The van der Waals surface area contributed by atoms with E-state index in [1.54, 1.807) is 11.8 Å². The van der Waals surface area contributed by atoms with Crippen molar-refractivity contribution in [3.05, 3.63) is 36.5 Å². The number of para-hydroxylation sites is 1. The number of amides is 1. The molecule has 0 saturated carbocycles. The van der Waals surface area contributed by atoms with Gasteiger partial charge in [0.1, 0.15) is 0 Å². The number of carbonyl (C=O) groups is 1. The van der Waals surface area contributed by atoms with Crippen LogP contribution in [0.5, 0.6) is 0 Å². The Morgan fingerprint density at radius 2 is 2.32 bits per heavy atom. The van der Waals surface area contributed by atoms with Gasteiger partial charge in [-0.1, -0.05) is 18.2 Å². The summed E-state index contributed by atoms with van der Waals surface area (Å²) in [6, 6.07) is 10.4. The lowest BCUT2D eigenvalue weighted by molar-refractivity contribution is -0.122. The number of benzene rings is 1. The summed E-state index contributed by atoms with van der Waals surface area (Å²) >= 11 is 1.77. The van der Waals surface area contributed by atoms with Crippen LogP contribution in [0.4, 0.5) is 0 Å². The minimum Gasteiger partial charge on any atom is -0.353 e. The lowest BCUT2D eigenvalue weighted by atomic mass is 10.2. The Morgan fingerprint density at radius 3 is 3.16 bits per heavy atom. The third-order valence-corrected chi connectivity index (χ3v) is 4.30. The van der Waals surface area contributed by atoms with Crippen LogP contribution in [0.15, 0.2) is 36.5 Å². The molecule has 0 spiro atoms. The van der Waals surface area contributed by atoms with Crippen LogP contribution < -0.4 is 10.6 Å². The number of fused-ring (bicyclic) bond motifs is 1. The van der Waals surface area contributed by atoms with E-state index in [4.69, 9.17) is 0 Å². The summed E-state index contributed by atoms with van der Waals surface area (Å²) in [5.41, 5.74) is 1.21. The van der Waals surface area contributed by atoms with Crippen molar-refractivity contribution in [3.8, 4) is 0 Å². The molecule has 2 heterocycles. The second kappa shape index (κ2) is 5.67. The van der Waals surface area contributed by atoms with Crippen LogP contribution in [-0.4, -0.2) is 34.7 Å². The van der Waals surface area contributed by atoms with E-state index in [0.717, 1.165) is 18.2 Å². The van der Waals surface area contributed by atoms with Gasteiger partial charge in [-0.3, -0.25) is 10.1 Å². The molecule has 0 radical (unpaired) electrons. The molecule has 1 aliphatic heterocycles. The van der Waals surface area contributed by atoms with Gasteiger partial charge in [-0.2, -0.15) is 0 Å². The van der Waals surface area contributed by atoms with Crippen LogP contribution in [0.3, 0.4) is 0 Å². The lowest BCUT2D eigenvalue weighted by Crippen LogP contribution is -2.42. The fourth-order valence-electron chi connectivity index (χ4n) is 2.32. The molecule has 2 aromatic rings. The van der Waals surface area contributed by atoms with E-state index in [1.165, 1.54) is 10.9 Å². The summed E-state index contributed by atoms with van der Waals surface area (Å²) in [6.07, 6.45) is 2.07. The highest BCUT2D eigenvalue weighted by molar-refractivity contribution is 7.99. The second-order valence-corrected chi connectivity index (χ2v) is 5.66. The quantitative estimate of drug-likeness (QED) is 0.887. The molecule has 1 fully saturated rings. The zero-order valence-electron chi connectivity index (χ0n) is 10.6. The average molecular weight is 275 g/mol. The van der Waals surface area contributed by atoms with Gasteiger partial charge < -0.3 is 9.88 Å². The number of nitrogens with one attached hydrogen (secondary N) is 2. The maximum atomic E-state index is 11.8. The molecule has 4 nitrogen and oxygen atoms in total. The first kappa shape index (κ1) is 12.6. The van der Waals surface area contributed by atoms with Crippen molar-refractivity contribution in [3.63, 3.8) is 0 Å². The molecule has 100 valence electrons. The first-order valence-electron chi connectivity index (χ1n) is 6.47. The summed E-state index contributed by atoms with van der Waals surface area (Å²) in [6.45, 7) is 1.47. The number of nitrogens with zero attached hydrogens (tertiary/aromatic N) is 1. The summed E-state index contributed by atoms with van der Waals surface area (Å²) in [7, 11) is 0. The molecule has 5 heteroatoms. The van der Waals surface area contributed by atoms with Crippen LogP contribution >= 0.6 is 11.8 Å². The normalized spacial score (nSPS) is 18.8. The number of hydrogen-bond acceptors (Lipinski definition) is 3. The summed E-state index contributed by atoms with van der Waals surface area (Å²) < 4.78 is 2.17. The Morgan fingerprint density at radius 1 is 1.42 bits per heavy atom. The van der Waals surface area contributed by atoms with Gasteiger partial charge in [0.15, 0.2) is 0 Å². The van der Waals surface area contributed by atoms with Crippen molar-refractivity contribution >= 4 is 28.6 Å². The zero-order chi connectivity index (χ0) is 13.1. The molecule has 0 aliphatic carbocycles. The molecule has 19 heavy (non-hydrogen) atoms. The van der Waals surface area contributed by atoms with Gasteiger partial charge in [-0.25, -0.2) is 0 Å². The molecule has 1 aliphatic rings. The predicted octanol–water partition coefficient (Wildman–Crippen LogP) is 1.42. The number of carbonyl (C=O) groups excluding carboxylic acids is 1. The maximum Gasteiger partial charge on any atom is 0.238 e. The van der Waals surface area contributed by atoms with E-state index in [-0.39, 0.29) is 11.9 Å². The van der Waals surface area contributed by atoms with E-state index in [1.807, 2.05) is 12.1 Å². The third kappa shape index (κ3) is 2.77. The van der Waals surface area contributed by atoms with Crippen LogP contribution in [-0.2, 0) is 11.3 Å². The molecule has 1 unspecified atom stereocenters. The SMILES string of the molecule is O=C(NCCn1ccc2ccccc21)C1CSCN1. The Bertz CT molecular complexity index is 575. The number of aromatic nitrogens is 1. The highest BCUT2D eigenvalue weighted by Gasteiger charge is 2.21. The standard InChI is InChI=1S/C14H17N3OS/c18-14(12-9-19-10-16-12)15-6-8-17-7-5-11-3-1-2-4-13(11)17/h1-5,7,12,16H,6,8-10H2,(H,15,18). The van der Waals surface area contributed by atoms with Gasteiger partial charge in [0.2, 0.25) is 5.91 Å². The Balaban J connectivity index is 1.56. The van der Waals surface area contributed by atoms with Crippen molar-refractivity contribution < 1.29 is 4.79 Å². The molecule has 1 amide bonds. The number of hydrogen-bond donors (Lipinski definition) is 2. The van der Waals surface area contributed by atoms with Gasteiger partial charge in [-0.05, 0) is 17.5 Å². The smallest absolute Gasteiger partial charge is 0.238 e. The van der Waals surface area contributed by atoms with E-state index < -0.39 is 0 Å². The monoisotopic (exact) mass is 275 g/mol. The molecule has 1 aromatic heterocycles. The molecule has 2 N–H and O–H groups in total. The molecule has 3 rings (SSSR count). The van der Waals surface area contributed by atoms with Gasteiger partial charge in [0.25, 0.3) is 0 Å². The zero-order valence-corrected chi connectivity index (χ0v) is 11.5. The first-order valence-corrected chi connectivity index (χ1v) is 7.63. The van der Waals surface area contributed by atoms with Crippen LogP contribution in [0.2, 0.25) is 0 Å². The molecule has 1 saturated heterocycles. The maximum absolute atomic E-state index is 11.8. The van der Waals surface area contributed by atoms with E-state index in [9.17, 15) is 4.79 Å². The molecular formula is C14H17N3OS. The fourth-order valence-corrected chi connectivity index (χ4v) is 3.26. The van der Waals surface area contributed by atoms with Crippen molar-refractivity contribution in [2.24, 2.45) is 0 Å². The van der Waals surface area contributed by atoms with Gasteiger partial charge in [0.05, 0.1) is 6.04 Å². The second-order valence-electron chi connectivity index (χ2n) is 4.63. The molecule has 1 atom stereocenters. The van der Waals surface area contributed by atoms with Crippen LogP contribution in [0, 0.1) is 0 Å². The van der Waals surface area contributed by atoms with E-state index in [2.05, 4.69) is 39.6 Å². The van der Waals surface area contributed by atoms with Crippen molar-refractivity contribution in [2.45, 2.75) is 12.6 Å². The third-order valence-electron chi connectivity index (χ3n) is 3.36. The van der Waals surface area contributed by atoms with E-state index in [0.29, 0.717) is 6.54 Å². The average Bonchev–Trinajstić information content (AvgIpc) is 3.08. The van der Waals surface area contributed by atoms with Crippen molar-refractivity contribution in [1.82, 2.24) is 15.2 Å². The van der Waals surface area contributed by atoms with E-state index >= 15 is 0 Å². The minimum atomic E-state index is -0.0218. The molecule has 0 bridgehead atoms. The summed E-state index contributed by atoms with van der Waals surface area (Å²) in [4.78, 5) is 11.8. The Labute approximate surface area is 116 Å². The highest BCUT2D eigenvalue weighted by Crippen LogP contribution is 2.14. The topological polar surface area (TPSA) is 46.1 Å². The van der Waals surface area contributed by atoms with Crippen LogP contribution in [0.25, 0.3) is 10.9 Å². The first-order chi connectivity index (χ1) is 9.34. The minimum absolute atomic E-state index is 0.0218. The van der Waals surface area contributed by atoms with Gasteiger partial charge >= 0.3 is 0 Å². The largest absolute Gasteiger partial charge is 0.353 e. The predicted molar refractivity (Wildman–Crippen MR) is 79.2 cm³/mol. The lowest BCUT2D eigenvalue weighted by Gasteiger charge is -2.11. The van der Waals surface area contributed by atoms with Gasteiger partial charge in [-0.15, -0.1) is 11.8 Å².